The highest BCUT2D eigenvalue weighted by Crippen LogP contribution is 2.16. The van der Waals surface area contributed by atoms with Crippen molar-refractivity contribution >= 4 is 58.3 Å². The van der Waals surface area contributed by atoms with E-state index in [2.05, 4.69) is 40.1 Å². The van der Waals surface area contributed by atoms with Crippen LogP contribution in [0.25, 0.3) is 0 Å². The first-order chi connectivity index (χ1) is 8.52. The lowest BCUT2D eigenvalue weighted by molar-refractivity contribution is 0.960. The molecule has 2 aromatic heterocycles. The Morgan fingerprint density at radius 3 is 1.06 bits per heavy atom. The molecule has 0 aromatic carbocycles. The number of aromatic nitrogens is 6. The molecule has 92 valence electrons. The van der Waals surface area contributed by atoms with Gasteiger partial charge in [0.2, 0.25) is 21.1 Å². The summed E-state index contributed by atoms with van der Waals surface area (Å²) in [4.78, 5) is 21.7. The summed E-state index contributed by atoms with van der Waals surface area (Å²) in [6.45, 7) is 0. The molecular formula is C6Cl4N8. The smallest absolute Gasteiger partial charge is 0.187 e. The maximum Gasteiger partial charge on any atom is 0.274 e. The molecule has 12 heteroatoms. The molecule has 0 aliphatic heterocycles. The fraction of sp³-hybridized carbons (Fsp3) is 0. The summed E-state index contributed by atoms with van der Waals surface area (Å²) in [6, 6.07) is 0. The highest BCUT2D eigenvalue weighted by atomic mass is 35.5. The Bertz CT molecular complexity index is 523. The van der Waals surface area contributed by atoms with Gasteiger partial charge in [0.1, 0.15) is 0 Å². The minimum absolute atomic E-state index is 0.104. The van der Waals surface area contributed by atoms with Crippen LogP contribution in [-0.4, -0.2) is 29.9 Å². The van der Waals surface area contributed by atoms with Gasteiger partial charge in [0.05, 0.1) is 0 Å². The summed E-state index contributed by atoms with van der Waals surface area (Å²) in [5.74, 6) is -0.208. The van der Waals surface area contributed by atoms with Crippen molar-refractivity contribution in [2.45, 2.75) is 0 Å². The second-order valence-corrected chi connectivity index (χ2v) is 3.90. The van der Waals surface area contributed by atoms with Crippen molar-refractivity contribution in [3.05, 3.63) is 21.1 Å². The molecule has 0 atom stereocenters. The minimum Gasteiger partial charge on any atom is -0.187 e. The number of halogens is 4. The van der Waals surface area contributed by atoms with Crippen molar-refractivity contribution in [2.24, 2.45) is 10.2 Å². The molecule has 18 heavy (non-hydrogen) atoms. The molecule has 0 fully saturated rings. The largest absolute Gasteiger partial charge is 0.274 e. The predicted octanol–water partition coefficient (Wildman–Crippen LogP) is 3.09. The topological polar surface area (TPSA) is 102 Å². The number of hydrogen-bond acceptors (Lipinski definition) is 8. The van der Waals surface area contributed by atoms with Crippen LogP contribution in [0.1, 0.15) is 0 Å². The van der Waals surface area contributed by atoms with E-state index >= 15 is 0 Å². The third-order valence-electron chi connectivity index (χ3n) is 1.37. The molecule has 0 radical (unpaired) electrons. The molecule has 0 saturated heterocycles. The fourth-order valence-electron chi connectivity index (χ4n) is 0.811. The number of rotatable bonds is 2. The quantitative estimate of drug-likeness (QED) is 0.786. The Kier molecular flexibility index (Phi) is 4.12. The lowest BCUT2D eigenvalue weighted by atomic mass is 10.9. The van der Waals surface area contributed by atoms with Gasteiger partial charge in [-0.3, -0.25) is 0 Å². The number of nitrogens with zero attached hydrogens (tertiary/aromatic N) is 8. The first-order valence-corrected chi connectivity index (χ1v) is 5.60. The molecule has 2 aromatic rings. The van der Waals surface area contributed by atoms with E-state index in [1.165, 1.54) is 0 Å². The summed E-state index contributed by atoms with van der Waals surface area (Å²) in [5.41, 5.74) is 0. The predicted molar refractivity (Wildman–Crippen MR) is 63.9 cm³/mol. The van der Waals surface area contributed by atoms with Crippen molar-refractivity contribution < 1.29 is 0 Å². The SMILES string of the molecule is Clc1nc(Cl)nc(N=Nc2nc(Cl)nc(Cl)n2)n1. The maximum atomic E-state index is 5.55. The number of hydrogen-bond donors (Lipinski definition) is 0. The zero-order chi connectivity index (χ0) is 13.1. The summed E-state index contributed by atoms with van der Waals surface area (Å²) >= 11 is 22.2. The first-order valence-electron chi connectivity index (χ1n) is 4.09. The van der Waals surface area contributed by atoms with Crippen LogP contribution < -0.4 is 0 Å². The van der Waals surface area contributed by atoms with E-state index in [0.717, 1.165) is 0 Å². The summed E-state index contributed by atoms with van der Waals surface area (Å²) in [7, 11) is 0. The van der Waals surface area contributed by atoms with Gasteiger partial charge in [-0.1, -0.05) is 0 Å². The Hall–Kier alpha value is -1.22. The monoisotopic (exact) mass is 324 g/mol. The average molecular weight is 326 g/mol. The van der Waals surface area contributed by atoms with Gasteiger partial charge in [-0.2, -0.15) is 29.9 Å². The van der Waals surface area contributed by atoms with Gasteiger partial charge in [-0.25, -0.2) is 0 Å². The number of azo groups is 1. The highest BCUT2D eigenvalue weighted by molar-refractivity contribution is 6.31. The summed E-state index contributed by atoms with van der Waals surface area (Å²) in [6.07, 6.45) is 0. The highest BCUT2D eigenvalue weighted by Gasteiger charge is 2.04. The van der Waals surface area contributed by atoms with Gasteiger partial charge in [0, 0.05) is 0 Å². The van der Waals surface area contributed by atoms with E-state index in [-0.39, 0.29) is 33.0 Å². The van der Waals surface area contributed by atoms with E-state index in [1.807, 2.05) is 0 Å². The third kappa shape index (κ3) is 3.64. The summed E-state index contributed by atoms with van der Waals surface area (Å²) < 4.78 is 0. The molecule has 0 spiro atoms. The molecule has 0 N–H and O–H groups in total. The lowest BCUT2D eigenvalue weighted by Crippen LogP contribution is -1.89. The van der Waals surface area contributed by atoms with E-state index in [9.17, 15) is 0 Å². The molecule has 0 bridgehead atoms. The van der Waals surface area contributed by atoms with Gasteiger partial charge in [0.15, 0.2) is 0 Å². The average Bonchev–Trinajstić information content (AvgIpc) is 2.23. The van der Waals surface area contributed by atoms with Crippen LogP contribution in [0.3, 0.4) is 0 Å². The van der Waals surface area contributed by atoms with Gasteiger partial charge >= 0.3 is 0 Å². The molecule has 2 heterocycles. The lowest BCUT2D eigenvalue weighted by Gasteiger charge is -1.94. The van der Waals surface area contributed by atoms with Gasteiger partial charge < -0.3 is 0 Å². The van der Waals surface area contributed by atoms with Crippen LogP contribution in [-0.2, 0) is 0 Å². The second-order valence-electron chi connectivity index (χ2n) is 2.55. The van der Waals surface area contributed by atoms with E-state index in [4.69, 9.17) is 46.4 Å². The molecule has 0 amide bonds. The molecule has 8 nitrogen and oxygen atoms in total. The molecule has 0 aliphatic rings. The van der Waals surface area contributed by atoms with Gasteiger partial charge in [-0.15, -0.1) is 10.2 Å². The zero-order valence-corrected chi connectivity index (χ0v) is 11.1. The molecule has 0 unspecified atom stereocenters. The van der Waals surface area contributed by atoms with E-state index in [1.54, 1.807) is 0 Å². The van der Waals surface area contributed by atoms with Gasteiger partial charge in [-0.05, 0) is 46.4 Å². The molecule has 0 aliphatic carbocycles. The minimum atomic E-state index is -0.115. The Labute approximate surface area is 119 Å². The van der Waals surface area contributed by atoms with Crippen LogP contribution in [0.2, 0.25) is 21.1 Å². The second kappa shape index (κ2) is 5.61. The first kappa shape index (κ1) is 13.2. The summed E-state index contributed by atoms with van der Waals surface area (Å²) in [5, 5.41) is 6.75. The van der Waals surface area contributed by atoms with Crippen LogP contribution in [0, 0.1) is 0 Å². The molecular weight excluding hydrogens is 326 g/mol. The third-order valence-corrected chi connectivity index (χ3v) is 2.04. The maximum absolute atomic E-state index is 5.55. The van der Waals surface area contributed by atoms with Crippen molar-refractivity contribution in [3.63, 3.8) is 0 Å². The van der Waals surface area contributed by atoms with Crippen LogP contribution in [0.5, 0.6) is 0 Å². The zero-order valence-electron chi connectivity index (χ0n) is 8.09. The fourth-order valence-corrected chi connectivity index (χ4v) is 1.52. The Morgan fingerprint density at radius 1 is 0.500 bits per heavy atom. The molecule has 2 rings (SSSR count). The Balaban J connectivity index is 2.29. The Morgan fingerprint density at radius 2 is 0.778 bits per heavy atom. The van der Waals surface area contributed by atoms with Gasteiger partial charge in [0.25, 0.3) is 11.9 Å². The van der Waals surface area contributed by atoms with Crippen LogP contribution in [0.15, 0.2) is 10.2 Å². The van der Waals surface area contributed by atoms with Crippen LogP contribution >= 0.6 is 46.4 Å². The van der Waals surface area contributed by atoms with Crippen LogP contribution in [0.4, 0.5) is 11.9 Å². The van der Waals surface area contributed by atoms with Crippen molar-refractivity contribution in [3.8, 4) is 0 Å². The van der Waals surface area contributed by atoms with Crippen molar-refractivity contribution in [2.75, 3.05) is 0 Å². The molecule has 0 saturated carbocycles. The standard InChI is InChI=1S/C6Cl4N8/c7-1-11-2(8)14-5(13-1)17-18-6-15-3(9)12-4(10)16-6. The van der Waals surface area contributed by atoms with E-state index in [0.29, 0.717) is 0 Å². The van der Waals surface area contributed by atoms with Crippen molar-refractivity contribution in [1.29, 1.82) is 0 Å². The van der Waals surface area contributed by atoms with E-state index < -0.39 is 0 Å². The normalized spacial score (nSPS) is 11.1. The van der Waals surface area contributed by atoms with Crippen molar-refractivity contribution in [1.82, 2.24) is 29.9 Å².